The molecule has 34 heavy (non-hydrogen) atoms. The zero-order chi connectivity index (χ0) is 23.9. The Hall–Kier alpha value is -3.49. The van der Waals surface area contributed by atoms with Crippen molar-refractivity contribution < 1.29 is 14.0 Å². The van der Waals surface area contributed by atoms with Crippen molar-refractivity contribution in [2.24, 2.45) is 0 Å². The van der Waals surface area contributed by atoms with Gasteiger partial charge < -0.3 is 15.5 Å². The number of halogens is 2. The molecule has 1 fully saturated rings. The van der Waals surface area contributed by atoms with Crippen molar-refractivity contribution >= 4 is 34.8 Å². The minimum Gasteiger partial charge on any atom is -0.369 e. The SMILES string of the molecule is O=C(NC[C@H](c1cccnc1)N1CCN(c2ccc(F)cc2)CC1)C(=O)Nc1cccc(Cl)c1. The van der Waals surface area contributed by atoms with Crippen molar-refractivity contribution in [3.8, 4) is 0 Å². The number of carbonyl (C=O) groups is 2. The number of hydrogen-bond acceptors (Lipinski definition) is 5. The number of carbonyl (C=O) groups excluding carboxylic acids is 2. The molecule has 0 spiro atoms. The van der Waals surface area contributed by atoms with Crippen LogP contribution in [0.4, 0.5) is 15.8 Å². The van der Waals surface area contributed by atoms with Gasteiger partial charge in [0.1, 0.15) is 5.82 Å². The van der Waals surface area contributed by atoms with Gasteiger partial charge in [0, 0.05) is 61.5 Å². The highest BCUT2D eigenvalue weighted by atomic mass is 35.5. The van der Waals surface area contributed by atoms with Gasteiger partial charge in [0.25, 0.3) is 0 Å². The third-order valence-corrected chi connectivity index (χ3v) is 6.00. The van der Waals surface area contributed by atoms with Gasteiger partial charge >= 0.3 is 11.8 Å². The summed E-state index contributed by atoms with van der Waals surface area (Å²) in [7, 11) is 0. The van der Waals surface area contributed by atoms with E-state index in [1.807, 2.05) is 12.1 Å². The topological polar surface area (TPSA) is 77.6 Å². The lowest BCUT2D eigenvalue weighted by atomic mass is 10.1. The van der Waals surface area contributed by atoms with E-state index in [0.29, 0.717) is 10.7 Å². The lowest BCUT2D eigenvalue weighted by Gasteiger charge is -2.40. The minimum atomic E-state index is -0.756. The molecule has 0 saturated carbocycles. The molecule has 1 aromatic heterocycles. The van der Waals surface area contributed by atoms with Crippen molar-refractivity contribution in [1.29, 1.82) is 0 Å². The Balaban J connectivity index is 1.38. The molecule has 2 N–H and O–H groups in total. The summed E-state index contributed by atoms with van der Waals surface area (Å²) in [4.78, 5) is 33.5. The molecule has 1 atom stereocenters. The van der Waals surface area contributed by atoms with Crippen molar-refractivity contribution in [3.05, 3.63) is 89.5 Å². The predicted octanol–water partition coefficient (Wildman–Crippen LogP) is 3.49. The number of pyridine rings is 1. The summed E-state index contributed by atoms with van der Waals surface area (Å²) in [5.41, 5.74) is 2.38. The first-order chi connectivity index (χ1) is 16.5. The molecule has 2 heterocycles. The van der Waals surface area contributed by atoms with E-state index in [9.17, 15) is 14.0 Å². The van der Waals surface area contributed by atoms with E-state index in [1.54, 1.807) is 48.8 Å². The molecule has 9 heteroatoms. The number of rotatable bonds is 6. The number of hydrogen-bond donors (Lipinski definition) is 2. The Morgan fingerprint density at radius 3 is 2.44 bits per heavy atom. The Labute approximate surface area is 202 Å². The van der Waals surface area contributed by atoms with Gasteiger partial charge in [-0.2, -0.15) is 0 Å². The molecular formula is C25H25ClFN5O2. The van der Waals surface area contributed by atoms with Crippen LogP contribution in [-0.2, 0) is 9.59 Å². The van der Waals surface area contributed by atoms with Gasteiger partial charge in [-0.1, -0.05) is 23.7 Å². The summed E-state index contributed by atoms with van der Waals surface area (Å²) in [6.45, 7) is 3.24. The van der Waals surface area contributed by atoms with E-state index in [4.69, 9.17) is 11.6 Å². The molecule has 4 rings (SSSR count). The second-order valence-corrected chi connectivity index (χ2v) is 8.41. The van der Waals surface area contributed by atoms with E-state index in [0.717, 1.165) is 37.4 Å². The molecule has 3 aromatic rings. The van der Waals surface area contributed by atoms with Crippen LogP contribution in [-0.4, -0.2) is 54.4 Å². The molecule has 0 bridgehead atoms. The van der Waals surface area contributed by atoms with Gasteiger partial charge in [-0.3, -0.25) is 19.5 Å². The zero-order valence-electron chi connectivity index (χ0n) is 18.5. The molecule has 0 aliphatic carbocycles. The van der Waals surface area contributed by atoms with Gasteiger partial charge in [0.05, 0.1) is 6.04 Å². The first-order valence-corrected chi connectivity index (χ1v) is 11.4. The lowest BCUT2D eigenvalue weighted by Crippen LogP contribution is -2.50. The van der Waals surface area contributed by atoms with Crippen molar-refractivity contribution in [2.75, 3.05) is 42.9 Å². The Morgan fingerprint density at radius 2 is 1.76 bits per heavy atom. The molecule has 176 valence electrons. The summed E-state index contributed by atoms with van der Waals surface area (Å²) in [6.07, 6.45) is 3.47. The summed E-state index contributed by atoms with van der Waals surface area (Å²) in [6, 6.07) is 16.8. The van der Waals surface area contributed by atoms with Crippen LogP contribution in [0.15, 0.2) is 73.1 Å². The molecule has 0 radical (unpaired) electrons. The van der Waals surface area contributed by atoms with Crippen LogP contribution in [0, 0.1) is 5.82 Å². The molecule has 2 aromatic carbocycles. The molecule has 7 nitrogen and oxygen atoms in total. The van der Waals surface area contributed by atoms with Gasteiger partial charge in [0.2, 0.25) is 0 Å². The Bertz CT molecular complexity index is 1120. The molecule has 2 amide bonds. The van der Waals surface area contributed by atoms with Crippen molar-refractivity contribution in [3.63, 3.8) is 0 Å². The first-order valence-electron chi connectivity index (χ1n) is 11.0. The highest BCUT2D eigenvalue weighted by Gasteiger charge is 2.27. The number of piperazine rings is 1. The molecule has 0 unspecified atom stereocenters. The van der Waals surface area contributed by atoms with E-state index >= 15 is 0 Å². The normalized spacial score (nSPS) is 14.9. The molecule has 1 aliphatic heterocycles. The number of amides is 2. The molecule has 1 saturated heterocycles. The number of nitrogens with zero attached hydrogens (tertiary/aromatic N) is 3. The summed E-state index contributed by atoms with van der Waals surface area (Å²) in [5, 5.41) is 5.78. The summed E-state index contributed by atoms with van der Waals surface area (Å²) in [5.74, 6) is -1.73. The number of benzene rings is 2. The van der Waals surface area contributed by atoms with Crippen LogP contribution >= 0.6 is 11.6 Å². The lowest BCUT2D eigenvalue weighted by molar-refractivity contribution is -0.136. The van der Waals surface area contributed by atoms with Gasteiger partial charge in [-0.05, 0) is 54.1 Å². The molecular weight excluding hydrogens is 457 g/mol. The number of aromatic nitrogens is 1. The fourth-order valence-electron chi connectivity index (χ4n) is 4.00. The average Bonchev–Trinajstić information content (AvgIpc) is 2.85. The van der Waals surface area contributed by atoms with E-state index in [1.165, 1.54) is 12.1 Å². The van der Waals surface area contributed by atoms with Crippen LogP contribution in [0.2, 0.25) is 5.02 Å². The van der Waals surface area contributed by atoms with E-state index in [2.05, 4.69) is 25.4 Å². The average molecular weight is 482 g/mol. The Morgan fingerprint density at radius 1 is 1.00 bits per heavy atom. The van der Waals surface area contributed by atoms with Crippen molar-refractivity contribution in [1.82, 2.24) is 15.2 Å². The third kappa shape index (κ3) is 6.09. The van der Waals surface area contributed by atoms with Crippen LogP contribution in [0.1, 0.15) is 11.6 Å². The summed E-state index contributed by atoms with van der Waals surface area (Å²) < 4.78 is 13.3. The second kappa shape index (κ2) is 11.1. The third-order valence-electron chi connectivity index (χ3n) is 5.76. The van der Waals surface area contributed by atoms with Gasteiger partial charge in [0.15, 0.2) is 0 Å². The maximum atomic E-state index is 13.3. The van der Waals surface area contributed by atoms with Crippen LogP contribution in [0.5, 0.6) is 0 Å². The monoisotopic (exact) mass is 481 g/mol. The van der Waals surface area contributed by atoms with Crippen LogP contribution in [0.3, 0.4) is 0 Å². The first kappa shape index (κ1) is 23.7. The highest BCUT2D eigenvalue weighted by molar-refractivity contribution is 6.39. The fourth-order valence-corrected chi connectivity index (χ4v) is 4.19. The summed E-state index contributed by atoms with van der Waals surface area (Å²) >= 11 is 5.94. The zero-order valence-corrected chi connectivity index (χ0v) is 19.2. The quantitative estimate of drug-likeness (QED) is 0.527. The standard InChI is InChI=1S/C25H25ClFN5O2/c26-19-4-1-5-21(15-19)30-25(34)24(33)29-17-23(18-3-2-10-28-16-18)32-13-11-31(12-14-32)22-8-6-20(27)7-9-22/h1-10,15-16,23H,11-14,17H2,(H,29,33)(H,30,34)/t23-/m1/s1. The number of nitrogens with one attached hydrogen (secondary N) is 2. The highest BCUT2D eigenvalue weighted by Crippen LogP contribution is 2.24. The Kier molecular flexibility index (Phi) is 7.72. The maximum absolute atomic E-state index is 13.3. The largest absolute Gasteiger partial charge is 0.369 e. The smallest absolute Gasteiger partial charge is 0.313 e. The van der Waals surface area contributed by atoms with E-state index in [-0.39, 0.29) is 18.4 Å². The fraction of sp³-hybridized carbons (Fsp3) is 0.240. The van der Waals surface area contributed by atoms with Crippen LogP contribution in [0.25, 0.3) is 0 Å². The second-order valence-electron chi connectivity index (χ2n) is 7.98. The van der Waals surface area contributed by atoms with E-state index < -0.39 is 11.8 Å². The maximum Gasteiger partial charge on any atom is 0.313 e. The molecule has 1 aliphatic rings. The van der Waals surface area contributed by atoms with Crippen LogP contribution < -0.4 is 15.5 Å². The van der Waals surface area contributed by atoms with Gasteiger partial charge in [-0.15, -0.1) is 0 Å². The minimum absolute atomic E-state index is 0.146. The number of anilines is 2. The predicted molar refractivity (Wildman–Crippen MR) is 130 cm³/mol. The van der Waals surface area contributed by atoms with Gasteiger partial charge in [-0.25, -0.2) is 4.39 Å². The van der Waals surface area contributed by atoms with Crippen molar-refractivity contribution in [2.45, 2.75) is 6.04 Å².